The molecule has 1 rings (SSSR count). The second kappa shape index (κ2) is 9.57. The van der Waals surface area contributed by atoms with E-state index in [0.29, 0.717) is 5.96 Å². The Bertz CT molecular complexity index is 368. The van der Waals surface area contributed by atoms with Gasteiger partial charge in [-0.2, -0.15) is 0 Å². The summed E-state index contributed by atoms with van der Waals surface area (Å²) >= 11 is 0. The van der Waals surface area contributed by atoms with Crippen LogP contribution in [-0.4, -0.2) is 41.6 Å². The minimum absolute atomic E-state index is 0. The number of guanidine groups is 1. The van der Waals surface area contributed by atoms with Gasteiger partial charge in [0.15, 0.2) is 5.96 Å². The van der Waals surface area contributed by atoms with Crippen LogP contribution in [0.15, 0.2) is 4.99 Å². The zero-order chi connectivity index (χ0) is 16.0. The molecule has 1 fully saturated rings. The van der Waals surface area contributed by atoms with E-state index in [-0.39, 0.29) is 41.9 Å². The summed E-state index contributed by atoms with van der Waals surface area (Å²) in [5.74, 6) is 0.577. The monoisotopic (exact) mass is 425 g/mol. The van der Waals surface area contributed by atoms with Gasteiger partial charge in [0.05, 0.1) is 12.0 Å². The average Bonchev–Trinajstić information content (AvgIpc) is 2.39. The van der Waals surface area contributed by atoms with E-state index in [2.05, 4.69) is 23.7 Å². The van der Waals surface area contributed by atoms with Crippen molar-refractivity contribution < 1.29 is 9.53 Å². The second-order valence-corrected chi connectivity index (χ2v) is 6.70. The number of ether oxygens (including phenoxy) is 1. The van der Waals surface area contributed by atoms with E-state index < -0.39 is 5.60 Å². The number of halogens is 1. The fourth-order valence-electron chi connectivity index (χ4n) is 2.64. The molecule has 0 unspecified atom stereocenters. The van der Waals surface area contributed by atoms with Gasteiger partial charge in [0, 0.05) is 13.1 Å². The van der Waals surface area contributed by atoms with Crippen molar-refractivity contribution in [2.75, 3.05) is 13.1 Å². The number of esters is 1. The van der Waals surface area contributed by atoms with Gasteiger partial charge in [-0.25, -0.2) is 4.99 Å². The molecule has 0 aromatic heterocycles. The number of nitrogens with zero attached hydrogens (tertiary/aromatic N) is 2. The van der Waals surface area contributed by atoms with Crippen molar-refractivity contribution >= 4 is 35.9 Å². The number of hydrogen-bond donors (Lipinski definition) is 1. The Morgan fingerprint density at radius 2 is 1.68 bits per heavy atom. The summed E-state index contributed by atoms with van der Waals surface area (Å²) in [6.07, 6.45) is 3.50. The van der Waals surface area contributed by atoms with Crippen LogP contribution in [0.25, 0.3) is 0 Å². The third-order valence-electron chi connectivity index (χ3n) is 3.84. The van der Waals surface area contributed by atoms with Gasteiger partial charge in [0.2, 0.25) is 0 Å². The minimum Gasteiger partial charge on any atom is -0.460 e. The van der Waals surface area contributed by atoms with E-state index in [1.807, 2.05) is 20.8 Å². The van der Waals surface area contributed by atoms with Crippen LogP contribution >= 0.6 is 24.0 Å². The smallest absolute Gasteiger partial charge is 0.309 e. The third-order valence-corrected chi connectivity index (χ3v) is 3.84. The fraction of sp³-hybridized carbons (Fsp3) is 0.875. The Hall–Kier alpha value is -0.530. The van der Waals surface area contributed by atoms with Crippen LogP contribution in [0, 0.1) is 5.92 Å². The Labute approximate surface area is 152 Å². The Morgan fingerprint density at radius 1 is 1.18 bits per heavy atom. The van der Waals surface area contributed by atoms with Gasteiger partial charge in [0.25, 0.3) is 0 Å². The number of rotatable bonds is 4. The normalized spacial score (nSPS) is 22.7. The predicted molar refractivity (Wildman–Crippen MR) is 102 cm³/mol. The van der Waals surface area contributed by atoms with Crippen LogP contribution in [-0.2, 0) is 9.53 Å². The van der Waals surface area contributed by atoms with E-state index in [9.17, 15) is 4.79 Å². The van der Waals surface area contributed by atoms with E-state index in [1.54, 1.807) is 0 Å². The zero-order valence-electron chi connectivity index (χ0n) is 14.6. The lowest BCUT2D eigenvalue weighted by molar-refractivity contribution is -0.161. The summed E-state index contributed by atoms with van der Waals surface area (Å²) in [6, 6.07) is 0.240. The molecule has 6 heteroatoms. The Balaban J connectivity index is 0.00000441. The molecule has 22 heavy (non-hydrogen) atoms. The molecular formula is C16H32IN3O2. The molecule has 0 amide bonds. The van der Waals surface area contributed by atoms with Gasteiger partial charge in [-0.3, -0.25) is 4.79 Å². The summed E-state index contributed by atoms with van der Waals surface area (Å²) < 4.78 is 5.46. The maximum Gasteiger partial charge on any atom is 0.309 e. The summed E-state index contributed by atoms with van der Waals surface area (Å²) in [4.78, 5) is 18.7. The first kappa shape index (κ1) is 21.5. The lowest BCUT2D eigenvalue weighted by Crippen LogP contribution is -2.38. The summed E-state index contributed by atoms with van der Waals surface area (Å²) in [7, 11) is 0. The average molecular weight is 425 g/mol. The molecule has 0 aromatic carbocycles. The third kappa shape index (κ3) is 7.15. The quantitative estimate of drug-likeness (QED) is 0.325. The molecule has 0 saturated heterocycles. The van der Waals surface area contributed by atoms with Gasteiger partial charge in [0.1, 0.15) is 5.60 Å². The van der Waals surface area contributed by atoms with Crippen molar-refractivity contribution in [2.45, 2.75) is 71.9 Å². The van der Waals surface area contributed by atoms with Crippen LogP contribution in [0.1, 0.15) is 60.3 Å². The first-order valence-electron chi connectivity index (χ1n) is 8.07. The highest BCUT2D eigenvalue weighted by molar-refractivity contribution is 14.0. The van der Waals surface area contributed by atoms with E-state index in [1.165, 1.54) is 0 Å². The molecule has 5 nitrogen and oxygen atoms in total. The SMILES string of the molecule is CCN(CC)C(N)=NC1CCC(C(=O)OC(C)(C)C)CC1.I. The van der Waals surface area contributed by atoms with Gasteiger partial charge >= 0.3 is 5.97 Å². The van der Waals surface area contributed by atoms with Crippen molar-refractivity contribution in [3.05, 3.63) is 0 Å². The molecule has 0 bridgehead atoms. The van der Waals surface area contributed by atoms with Gasteiger partial charge in [-0.15, -0.1) is 24.0 Å². The molecule has 1 saturated carbocycles. The van der Waals surface area contributed by atoms with Crippen LogP contribution in [0.4, 0.5) is 0 Å². The van der Waals surface area contributed by atoms with Crippen molar-refractivity contribution in [3.63, 3.8) is 0 Å². The molecule has 0 aliphatic heterocycles. The second-order valence-electron chi connectivity index (χ2n) is 6.70. The maximum absolute atomic E-state index is 12.1. The molecule has 130 valence electrons. The van der Waals surface area contributed by atoms with Crippen molar-refractivity contribution in [2.24, 2.45) is 16.6 Å². The molecule has 0 spiro atoms. The van der Waals surface area contributed by atoms with Crippen LogP contribution < -0.4 is 5.73 Å². The number of nitrogens with two attached hydrogens (primary N) is 1. The lowest BCUT2D eigenvalue weighted by atomic mass is 9.86. The molecule has 0 atom stereocenters. The summed E-state index contributed by atoms with van der Waals surface area (Å²) in [5.41, 5.74) is 5.63. The maximum atomic E-state index is 12.1. The summed E-state index contributed by atoms with van der Waals surface area (Å²) in [5, 5.41) is 0. The van der Waals surface area contributed by atoms with E-state index in [4.69, 9.17) is 10.5 Å². The first-order chi connectivity index (χ1) is 9.76. The van der Waals surface area contributed by atoms with Gasteiger partial charge < -0.3 is 15.4 Å². The predicted octanol–water partition coefficient (Wildman–Crippen LogP) is 3.16. The summed E-state index contributed by atoms with van der Waals surface area (Å²) in [6.45, 7) is 11.6. The highest BCUT2D eigenvalue weighted by Crippen LogP contribution is 2.28. The standard InChI is InChI=1S/C16H31N3O2.HI/c1-6-19(7-2)15(17)18-13-10-8-12(9-11-13)14(20)21-16(3,4)5;/h12-13H,6-11H2,1-5H3,(H2,17,18);1H. The molecule has 0 heterocycles. The Kier molecular flexibility index (Phi) is 9.34. The van der Waals surface area contributed by atoms with E-state index >= 15 is 0 Å². The van der Waals surface area contributed by atoms with Crippen molar-refractivity contribution in [3.8, 4) is 0 Å². The Morgan fingerprint density at radius 3 is 2.09 bits per heavy atom. The largest absolute Gasteiger partial charge is 0.460 e. The fourth-order valence-corrected chi connectivity index (χ4v) is 2.64. The van der Waals surface area contributed by atoms with Crippen molar-refractivity contribution in [1.82, 2.24) is 4.90 Å². The highest BCUT2D eigenvalue weighted by Gasteiger charge is 2.30. The molecular weight excluding hydrogens is 393 g/mol. The number of carbonyl (C=O) groups excluding carboxylic acids is 1. The number of carbonyl (C=O) groups is 1. The zero-order valence-corrected chi connectivity index (χ0v) is 16.9. The number of hydrogen-bond acceptors (Lipinski definition) is 3. The van der Waals surface area contributed by atoms with Gasteiger partial charge in [-0.1, -0.05) is 0 Å². The van der Waals surface area contributed by atoms with Crippen molar-refractivity contribution in [1.29, 1.82) is 0 Å². The molecule has 1 aliphatic rings. The molecule has 2 N–H and O–H groups in total. The highest BCUT2D eigenvalue weighted by atomic mass is 127. The molecule has 0 aromatic rings. The topological polar surface area (TPSA) is 67.9 Å². The number of aliphatic imine (C=N–C) groups is 1. The van der Waals surface area contributed by atoms with E-state index in [0.717, 1.165) is 38.8 Å². The first-order valence-corrected chi connectivity index (χ1v) is 8.07. The minimum atomic E-state index is -0.404. The molecule has 0 radical (unpaired) electrons. The van der Waals surface area contributed by atoms with Crippen LogP contribution in [0.5, 0.6) is 0 Å². The lowest BCUT2D eigenvalue weighted by Gasteiger charge is -2.29. The molecule has 1 aliphatic carbocycles. The van der Waals surface area contributed by atoms with Crippen LogP contribution in [0.3, 0.4) is 0 Å². The van der Waals surface area contributed by atoms with Crippen LogP contribution in [0.2, 0.25) is 0 Å². The van der Waals surface area contributed by atoms with Gasteiger partial charge in [-0.05, 0) is 60.3 Å².